The summed E-state index contributed by atoms with van der Waals surface area (Å²) in [5.41, 5.74) is 0. The molecule has 1 rings (SSSR count). The number of allylic oxidation sites excluding steroid dienone is 4. The van der Waals surface area contributed by atoms with Crippen LogP contribution in [0.3, 0.4) is 0 Å². The van der Waals surface area contributed by atoms with Crippen LogP contribution in [-0.4, -0.2) is 24.0 Å². The van der Waals surface area contributed by atoms with Gasteiger partial charge < -0.3 is 10.2 Å². The molecular formula is C11H17Cl2LaO2. The summed E-state index contributed by atoms with van der Waals surface area (Å²) < 4.78 is 1.63. The molecule has 90 valence electrons. The van der Waals surface area contributed by atoms with E-state index in [4.69, 9.17) is 23.2 Å². The molecule has 0 bridgehead atoms. The third-order valence-electron chi connectivity index (χ3n) is 1.23. The summed E-state index contributed by atoms with van der Waals surface area (Å²) in [4.78, 5) is 0. The van der Waals surface area contributed by atoms with Crippen LogP contribution in [0, 0.1) is 33.7 Å². The fourth-order valence-electron chi connectivity index (χ4n) is 0.464. The van der Waals surface area contributed by atoms with Gasteiger partial charge in [0, 0.05) is 11.8 Å². The van der Waals surface area contributed by atoms with Gasteiger partial charge in [-0.1, -0.05) is 13.8 Å². The topological polar surface area (TPSA) is 46.1 Å². The minimum atomic E-state index is -0.600. The molecule has 5 heteroatoms. The van der Waals surface area contributed by atoms with Crippen LogP contribution in [0.1, 0.15) is 20.3 Å². The first-order valence-corrected chi connectivity index (χ1v) is 7.86. The van der Waals surface area contributed by atoms with E-state index in [2.05, 4.69) is 18.2 Å². The van der Waals surface area contributed by atoms with Gasteiger partial charge in [0.1, 0.15) is 0 Å². The summed E-state index contributed by atoms with van der Waals surface area (Å²) in [6, 6.07) is 0. The number of rotatable bonds is 2. The van der Waals surface area contributed by atoms with Crippen LogP contribution in [0.15, 0.2) is 20.2 Å². The van der Waals surface area contributed by atoms with E-state index in [9.17, 15) is 10.2 Å². The fraction of sp³-hybridized carbons (Fsp3) is 0.636. The van der Waals surface area contributed by atoms with E-state index in [0.717, 1.165) is 33.7 Å². The normalized spacial score (nSPS) is 16.4. The average molecular weight is 391 g/mol. The summed E-state index contributed by atoms with van der Waals surface area (Å²) in [5.74, 6) is 0.444. The molecule has 0 aromatic rings. The molecule has 16 heavy (non-hydrogen) atoms. The molecule has 0 spiro atoms. The second-order valence-corrected chi connectivity index (χ2v) is 6.25. The van der Waals surface area contributed by atoms with Gasteiger partial charge in [0.25, 0.3) is 0 Å². The predicted molar refractivity (Wildman–Crippen MR) is 62.2 cm³/mol. The van der Waals surface area contributed by atoms with E-state index in [1.165, 1.54) is 20.3 Å². The van der Waals surface area contributed by atoms with Crippen molar-refractivity contribution in [2.45, 2.75) is 32.5 Å². The maximum atomic E-state index is 9.76. The van der Waals surface area contributed by atoms with Gasteiger partial charge in [-0.15, -0.1) is 35.4 Å². The Morgan fingerprint density at radius 3 is 1.69 bits per heavy atom. The van der Waals surface area contributed by atoms with Crippen molar-refractivity contribution in [1.82, 2.24) is 0 Å². The Bertz CT molecular complexity index is 196. The number of halogens is 2. The molecule has 2 nitrogen and oxygen atoms in total. The molecule has 0 aliphatic heterocycles. The fourth-order valence-corrected chi connectivity index (χ4v) is 1.24. The standard InChI is InChI=1S/C5H5.2C3H6ClO.La/c1-2-4-5-3-1;2*1-3(5)2-4;/h1-3H,4H2;2*3H,2H2,1H3;/q;2*-1;+2. The van der Waals surface area contributed by atoms with Crippen LogP contribution in [0.5, 0.6) is 0 Å². The number of hydrogen-bond acceptors (Lipinski definition) is 2. The van der Waals surface area contributed by atoms with Crippen LogP contribution < -0.4 is 10.2 Å². The summed E-state index contributed by atoms with van der Waals surface area (Å²) in [6.07, 6.45) is 6.59. The summed E-state index contributed by atoms with van der Waals surface area (Å²) in [7, 11) is 0. The molecule has 0 N–H and O–H groups in total. The average Bonchev–Trinajstić information content (AvgIpc) is 2.71. The van der Waals surface area contributed by atoms with Crippen molar-refractivity contribution in [3.05, 3.63) is 20.2 Å². The first-order chi connectivity index (χ1) is 7.43. The molecule has 1 aliphatic carbocycles. The Hall–Kier alpha value is 1.17. The molecule has 0 heterocycles. The van der Waals surface area contributed by atoms with Crippen molar-refractivity contribution in [3.63, 3.8) is 0 Å². The second-order valence-electron chi connectivity index (χ2n) is 3.30. The van der Waals surface area contributed by atoms with Crippen LogP contribution in [-0.2, 0) is 0 Å². The zero-order valence-corrected chi connectivity index (χ0v) is 14.8. The van der Waals surface area contributed by atoms with E-state index in [0.29, 0.717) is 0 Å². The van der Waals surface area contributed by atoms with Crippen molar-refractivity contribution >= 4 is 23.2 Å². The molecule has 0 aromatic carbocycles. The molecular weight excluding hydrogens is 374 g/mol. The molecule has 0 saturated carbocycles. The van der Waals surface area contributed by atoms with Crippen LogP contribution in [0.4, 0.5) is 0 Å². The Labute approximate surface area is 130 Å². The maximum absolute atomic E-state index is 9.76. The SMILES string of the molecule is CC([O-])CCl.CC([O-])CCl.[La+2][C]1=CC=CC1. The van der Waals surface area contributed by atoms with Crippen molar-refractivity contribution in [1.29, 1.82) is 0 Å². The van der Waals surface area contributed by atoms with Crippen molar-refractivity contribution in [2.75, 3.05) is 11.8 Å². The number of alkyl halides is 2. The van der Waals surface area contributed by atoms with E-state index >= 15 is 0 Å². The molecule has 0 fully saturated rings. The third-order valence-corrected chi connectivity index (χ3v) is 3.45. The molecule has 0 aromatic heterocycles. The van der Waals surface area contributed by atoms with Crippen LogP contribution in [0.2, 0.25) is 0 Å². The molecule has 2 unspecified atom stereocenters. The van der Waals surface area contributed by atoms with Gasteiger partial charge in [-0.25, -0.2) is 0 Å². The van der Waals surface area contributed by atoms with E-state index < -0.39 is 12.2 Å². The Morgan fingerprint density at radius 2 is 1.62 bits per heavy atom. The minimum absolute atomic E-state index is 0.222. The summed E-state index contributed by atoms with van der Waals surface area (Å²) in [5, 5.41) is 19.5. The van der Waals surface area contributed by atoms with Crippen molar-refractivity contribution in [2.24, 2.45) is 0 Å². The number of hydrogen-bond donors (Lipinski definition) is 0. The summed E-state index contributed by atoms with van der Waals surface area (Å²) in [6.45, 7) is 3.07. The summed E-state index contributed by atoms with van der Waals surface area (Å²) >= 11 is 11.1. The van der Waals surface area contributed by atoms with E-state index in [-0.39, 0.29) is 11.8 Å². The van der Waals surface area contributed by atoms with E-state index in [1.54, 1.807) is 1.98 Å². The Morgan fingerprint density at radius 1 is 1.25 bits per heavy atom. The van der Waals surface area contributed by atoms with Gasteiger partial charge in [0.15, 0.2) is 0 Å². The van der Waals surface area contributed by atoms with Crippen LogP contribution in [0.25, 0.3) is 0 Å². The third kappa shape index (κ3) is 20.6. The van der Waals surface area contributed by atoms with Gasteiger partial charge in [-0.2, -0.15) is 0 Å². The Kier molecular flexibility index (Phi) is 17.4. The first-order valence-electron chi connectivity index (χ1n) is 4.98. The molecule has 0 amide bonds. The first kappa shape index (κ1) is 19.5. The monoisotopic (exact) mass is 390 g/mol. The molecule has 1 aliphatic rings. The zero-order chi connectivity index (χ0) is 13.0. The zero-order valence-electron chi connectivity index (χ0n) is 9.66. The van der Waals surface area contributed by atoms with Gasteiger partial charge >= 0.3 is 60.4 Å². The van der Waals surface area contributed by atoms with Crippen molar-refractivity contribution in [3.8, 4) is 0 Å². The van der Waals surface area contributed by atoms with Gasteiger partial charge in [0.2, 0.25) is 0 Å². The van der Waals surface area contributed by atoms with Crippen molar-refractivity contribution < 1.29 is 43.9 Å². The van der Waals surface area contributed by atoms with Crippen LogP contribution >= 0.6 is 23.2 Å². The Balaban J connectivity index is 0. The molecule has 0 saturated heterocycles. The van der Waals surface area contributed by atoms with Gasteiger partial charge in [-0.05, 0) is 0 Å². The van der Waals surface area contributed by atoms with Gasteiger partial charge in [0.05, 0.1) is 0 Å². The quantitative estimate of drug-likeness (QED) is 0.667. The second kappa shape index (κ2) is 14.2. The van der Waals surface area contributed by atoms with Gasteiger partial charge in [-0.3, -0.25) is 0 Å². The van der Waals surface area contributed by atoms with E-state index in [1.807, 2.05) is 0 Å². The predicted octanol–water partition coefficient (Wildman–Crippen LogP) is 1.33. The molecule has 0 radical (unpaired) electrons. The molecule has 2 atom stereocenters.